The minimum atomic E-state index is -0.225. The molecule has 6 heteroatoms. The van der Waals surface area contributed by atoms with Gasteiger partial charge in [-0.2, -0.15) is 0 Å². The van der Waals surface area contributed by atoms with Crippen LogP contribution in [0.5, 0.6) is 0 Å². The molecule has 0 radical (unpaired) electrons. The van der Waals surface area contributed by atoms with E-state index < -0.39 is 0 Å². The van der Waals surface area contributed by atoms with Crippen LogP contribution in [0.15, 0.2) is 45.7 Å². The van der Waals surface area contributed by atoms with Crippen molar-refractivity contribution in [3.63, 3.8) is 0 Å². The second kappa shape index (κ2) is 5.67. The van der Waals surface area contributed by atoms with Crippen molar-refractivity contribution in [1.82, 2.24) is 9.97 Å². The molecule has 2 aromatic carbocycles. The van der Waals surface area contributed by atoms with E-state index in [9.17, 15) is 4.79 Å². The fraction of sp³-hybridized carbons (Fsp3) is 0.133. The maximum atomic E-state index is 11.3. The molecule has 1 heterocycles. The highest BCUT2D eigenvalue weighted by molar-refractivity contribution is 9.10. The van der Waals surface area contributed by atoms with Crippen LogP contribution >= 0.6 is 27.5 Å². The van der Waals surface area contributed by atoms with E-state index in [1.807, 2.05) is 36.4 Å². The Labute approximate surface area is 134 Å². The number of hydrogen-bond donors (Lipinski definition) is 3. The summed E-state index contributed by atoms with van der Waals surface area (Å²) in [5.74, 6) is 0. The van der Waals surface area contributed by atoms with Gasteiger partial charge in [0.05, 0.1) is 11.0 Å². The molecular weight excluding hydrogens is 354 g/mol. The van der Waals surface area contributed by atoms with E-state index in [0.717, 1.165) is 26.6 Å². The van der Waals surface area contributed by atoms with E-state index in [2.05, 4.69) is 25.9 Å². The monoisotopic (exact) mass is 365 g/mol. The fourth-order valence-corrected chi connectivity index (χ4v) is 3.23. The molecule has 0 saturated heterocycles. The van der Waals surface area contributed by atoms with Crippen molar-refractivity contribution in [3.8, 4) is 0 Å². The van der Waals surface area contributed by atoms with Crippen LogP contribution in [0.1, 0.15) is 17.2 Å². The van der Waals surface area contributed by atoms with Gasteiger partial charge in [-0.05, 0) is 41.8 Å². The van der Waals surface area contributed by atoms with Gasteiger partial charge in [-0.25, -0.2) is 4.79 Å². The first kappa shape index (κ1) is 14.4. The molecule has 0 aliphatic rings. The summed E-state index contributed by atoms with van der Waals surface area (Å²) >= 11 is 9.51. The Hall–Kier alpha value is -1.56. The highest BCUT2D eigenvalue weighted by atomic mass is 79.9. The summed E-state index contributed by atoms with van der Waals surface area (Å²) in [6, 6.07) is 11.2. The maximum absolute atomic E-state index is 11.3. The summed E-state index contributed by atoms with van der Waals surface area (Å²) in [6.07, 6.45) is 0.666. The van der Waals surface area contributed by atoms with Gasteiger partial charge in [-0.1, -0.05) is 39.7 Å². The quantitative estimate of drug-likeness (QED) is 0.663. The second-order valence-corrected chi connectivity index (χ2v) is 6.23. The zero-order valence-electron chi connectivity index (χ0n) is 11.0. The summed E-state index contributed by atoms with van der Waals surface area (Å²) < 4.78 is 0.875. The molecule has 1 aromatic heterocycles. The topological polar surface area (TPSA) is 74.7 Å². The SMILES string of the molecule is NC(Cc1cccc(Cl)c1)c1cc2[nH]c(=O)[nH]c2cc1Br. The molecule has 108 valence electrons. The van der Waals surface area contributed by atoms with Gasteiger partial charge >= 0.3 is 5.69 Å². The van der Waals surface area contributed by atoms with Crippen LogP contribution in [-0.4, -0.2) is 9.97 Å². The van der Waals surface area contributed by atoms with Gasteiger partial charge in [-0.15, -0.1) is 0 Å². The highest BCUT2D eigenvalue weighted by Crippen LogP contribution is 2.28. The summed E-state index contributed by atoms with van der Waals surface area (Å²) in [4.78, 5) is 16.8. The van der Waals surface area contributed by atoms with Crippen LogP contribution in [0.4, 0.5) is 0 Å². The Morgan fingerprint density at radius 2 is 1.90 bits per heavy atom. The number of nitrogens with one attached hydrogen (secondary N) is 2. The smallest absolute Gasteiger partial charge is 0.323 e. The molecule has 0 saturated carbocycles. The Kier molecular flexibility index (Phi) is 3.89. The van der Waals surface area contributed by atoms with E-state index in [1.54, 1.807) is 0 Å². The number of imidazole rings is 1. The zero-order chi connectivity index (χ0) is 15.0. The zero-order valence-corrected chi connectivity index (χ0v) is 13.3. The first-order valence-corrected chi connectivity index (χ1v) is 7.61. The van der Waals surface area contributed by atoms with E-state index >= 15 is 0 Å². The normalized spacial score (nSPS) is 12.7. The third kappa shape index (κ3) is 3.05. The number of hydrogen-bond acceptors (Lipinski definition) is 2. The van der Waals surface area contributed by atoms with Gasteiger partial charge in [0, 0.05) is 15.5 Å². The molecule has 0 spiro atoms. The van der Waals surface area contributed by atoms with Crippen molar-refractivity contribution in [1.29, 1.82) is 0 Å². The molecule has 4 nitrogen and oxygen atoms in total. The Morgan fingerprint density at radius 3 is 2.62 bits per heavy atom. The summed E-state index contributed by atoms with van der Waals surface area (Å²) in [6.45, 7) is 0. The van der Waals surface area contributed by atoms with Gasteiger partial charge in [0.1, 0.15) is 0 Å². The maximum Gasteiger partial charge on any atom is 0.323 e. The number of H-pyrrole nitrogens is 2. The van der Waals surface area contributed by atoms with E-state index in [0.29, 0.717) is 11.4 Å². The fourth-order valence-electron chi connectivity index (χ4n) is 2.38. The largest absolute Gasteiger partial charge is 0.324 e. The van der Waals surface area contributed by atoms with Gasteiger partial charge < -0.3 is 15.7 Å². The molecule has 0 aliphatic heterocycles. The molecule has 0 amide bonds. The average molecular weight is 367 g/mol. The number of aromatic nitrogens is 2. The van der Waals surface area contributed by atoms with Gasteiger partial charge in [0.2, 0.25) is 0 Å². The van der Waals surface area contributed by atoms with Crippen molar-refractivity contribution in [2.45, 2.75) is 12.5 Å². The van der Waals surface area contributed by atoms with Crippen molar-refractivity contribution < 1.29 is 0 Å². The summed E-state index contributed by atoms with van der Waals surface area (Å²) in [5, 5.41) is 0.698. The van der Waals surface area contributed by atoms with Gasteiger partial charge in [0.15, 0.2) is 0 Å². The van der Waals surface area contributed by atoms with E-state index in [1.165, 1.54) is 0 Å². The van der Waals surface area contributed by atoms with Crippen LogP contribution < -0.4 is 11.4 Å². The van der Waals surface area contributed by atoms with Crippen molar-refractivity contribution in [2.24, 2.45) is 5.73 Å². The lowest BCUT2D eigenvalue weighted by molar-refractivity contribution is 0.719. The standard InChI is InChI=1S/C15H13BrClN3O/c16-11-7-14-13(19-15(21)20-14)6-10(11)12(18)5-8-2-1-3-9(17)4-8/h1-4,6-7,12H,5,18H2,(H2,19,20,21). The highest BCUT2D eigenvalue weighted by Gasteiger charge is 2.13. The number of benzene rings is 2. The van der Waals surface area contributed by atoms with E-state index in [4.69, 9.17) is 17.3 Å². The van der Waals surface area contributed by atoms with Crippen molar-refractivity contribution >= 4 is 38.6 Å². The predicted octanol–water partition coefficient (Wildman–Crippen LogP) is 3.51. The van der Waals surface area contributed by atoms with Crippen molar-refractivity contribution in [2.75, 3.05) is 0 Å². The summed E-state index contributed by atoms with van der Waals surface area (Å²) in [5.41, 5.74) is 9.60. The predicted molar refractivity (Wildman–Crippen MR) is 88.7 cm³/mol. The lowest BCUT2D eigenvalue weighted by Crippen LogP contribution is -2.14. The Bertz CT molecular complexity index is 855. The molecule has 1 atom stereocenters. The Morgan fingerprint density at radius 1 is 1.19 bits per heavy atom. The van der Waals surface area contributed by atoms with Gasteiger partial charge in [-0.3, -0.25) is 0 Å². The van der Waals surface area contributed by atoms with Crippen molar-refractivity contribution in [3.05, 3.63) is 67.5 Å². The van der Waals surface area contributed by atoms with Crippen LogP contribution in [0.2, 0.25) is 5.02 Å². The number of halogens is 2. The molecule has 0 bridgehead atoms. The summed E-state index contributed by atoms with van der Waals surface area (Å²) in [7, 11) is 0. The molecule has 3 rings (SSSR count). The third-order valence-electron chi connectivity index (χ3n) is 3.38. The molecule has 21 heavy (non-hydrogen) atoms. The number of aromatic amines is 2. The van der Waals surface area contributed by atoms with Crippen LogP contribution in [-0.2, 0) is 6.42 Å². The number of fused-ring (bicyclic) bond motifs is 1. The molecule has 0 fully saturated rings. The lowest BCUT2D eigenvalue weighted by Gasteiger charge is -2.14. The Balaban J connectivity index is 1.95. The van der Waals surface area contributed by atoms with Crippen LogP contribution in [0.25, 0.3) is 11.0 Å². The second-order valence-electron chi connectivity index (χ2n) is 4.94. The minimum absolute atomic E-state index is 0.194. The molecule has 0 aliphatic carbocycles. The first-order valence-electron chi connectivity index (χ1n) is 6.44. The lowest BCUT2D eigenvalue weighted by atomic mass is 9.99. The molecule has 4 N–H and O–H groups in total. The minimum Gasteiger partial charge on any atom is -0.324 e. The number of nitrogens with two attached hydrogens (primary N) is 1. The molecular formula is C15H13BrClN3O. The first-order chi connectivity index (χ1) is 10.0. The third-order valence-corrected chi connectivity index (χ3v) is 4.30. The van der Waals surface area contributed by atoms with Crippen LogP contribution in [0, 0.1) is 0 Å². The number of rotatable bonds is 3. The van der Waals surface area contributed by atoms with E-state index in [-0.39, 0.29) is 11.7 Å². The average Bonchev–Trinajstić information content (AvgIpc) is 2.76. The molecule has 1 unspecified atom stereocenters. The van der Waals surface area contributed by atoms with Gasteiger partial charge in [0.25, 0.3) is 0 Å². The van der Waals surface area contributed by atoms with Crippen LogP contribution in [0.3, 0.4) is 0 Å². The molecule has 3 aromatic rings.